The smallest absolute Gasteiger partial charge is 0.230 e. The van der Waals surface area contributed by atoms with Crippen molar-refractivity contribution in [2.24, 2.45) is 11.8 Å². The summed E-state index contributed by atoms with van der Waals surface area (Å²) >= 11 is 1.42. The second-order valence-corrected chi connectivity index (χ2v) is 8.62. The lowest BCUT2D eigenvalue weighted by Gasteiger charge is -2.22. The first-order chi connectivity index (χ1) is 12.6. The van der Waals surface area contributed by atoms with Gasteiger partial charge in [-0.2, -0.15) is 0 Å². The van der Waals surface area contributed by atoms with E-state index in [9.17, 15) is 4.79 Å². The lowest BCUT2D eigenvalue weighted by Crippen LogP contribution is -2.39. The number of fused-ring (bicyclic) bond motifs is 2. The first-order valence-electron chi connectivity index (χ1n) is 9.42. The molecule has 2 fully saturated rings. The molecule has 2 aliphatic rings. The molecule has 2 bridgehead atoms. The summed E-state index contributed by atoms with van der Waals surface area (Å²) in [6.45, 7) is 4.05. The number of aromatic nitrogens is 2. The van der Waals surface area contributed by atoms with Gasteiger partial charge in [-0.05, 0) is 51.0 Å². The molecule has 1 aromatic carbocycles. The zero-order chi connectivity index (χ0) is 18.1. The van der Waals surface area contributed by atoms with E-state index in [4.69, 9.17) is 0 Å². The highest BCUT2D eigenvalue weighted by molar-refractivity contribution is 7.99. The SMILES string of the molecule is Cc1ccc(-c2cc(C)nc(SCC(=O)NC3CC4CCC3C4)n2)cc1. The third-order valence-corrected chi connectivity index (χ3v) is 6.45. The van der Waals surface area contributed by atoms with Gasteiger partial charge in [-0.3, -0.25) is 4.79 Å². The average molecular weight is 368 g/mol. The van der Waals surface area contributed by atoms with E-state index in [0.29, 0.717) is 22.9 Å². The highest BCUT2D eigenvalue weighted by atomic mass is 32.2. The van der Waals surface area contributed by atoms with Crippen molar-refractivity contribution in [3.63, 3.8) is 0 Å². The summed E-state index contributed by atoms with van der Waals surface area (Å²) in [6.07, 6.45) is 5.10. The van der Waals surface area contributed by atoms with Crippen molar-refractivity contribution in [3.8, 4) is 11.3 Å². The summed E-state index contributed by atoms with van der Waals surface area (Å²) in [5, 5.41) is 3.90. The number of rotatable bonds is 5. The molecule has 2 saturated carbocycles. The number of amides is 1. The minimum absolute atomic E-state index is 0.106. The van der Waals surface area contributed by atoms with Crippen LogP contribution in [0.15, 0.2) is 35.5 Å². The zero-order valence-corrected chi connectivity index (χ0v) is 16.2. The Labute approximate surface area is 159 Å². The van der Waals surface area contributed by atoms with E-state index >= 15 is 0 Å². The minimum atomic E-state index is 0.106. The van der Waals surface area contributed by atoms with Crippen molar-refractivity contribution in [1.82, 2.24) is 15.3 Å². The normalized spacial score (nSPS) is 24.0. The summed E-state index contributed by atoms with van der Waals surface area (Å²) in [5.74, 6) is 2.03. The Kier molecular flexibility index (Phi) is 4.98. The monoisotopic (exact) mass is 367 g/mol. The predicted molar refractivity (Wildman–Crippen MR) is 105 cm³/mol. The number of hydrogen-bond acceptors (Lipinski definition) is 4. The van der Waals surface area contributed by atoms with Crippen molar-refractivity contribution in [1.29, 1.82) is 0 Å². The van der Waals surface area contributed by atoms with E-state index in [0.717, 1.165) is 22.9 Å². The summed E-state index contributed by atoms with van der Waals surface area (Å²) in [5.41, 5.74) is 4.14. The van der Waals surface area contributed by atoms with Gasteiger partial charge in [0, 0.05) is 17.3 Å². The van der Waals surface area contributed by atoms with Crippen LogP contribution in [0.5, 0.6) is 0 Å². The Balaban J connectivity index is 1.38. The molecule has 0 saturated heterocycles. The third-order valence-electron chi connectivity index (χ3n) is 5.60. The van der Waals surface area contributed by atoms with Gasteiger partial charge >= 0.3 is 0 Å². The second kappa shape index (κ2) is 7.39. The first kappa shape index (κ1) is 17.5. The standard InChI is InChI=1S/C21H25N3OS/c1-13-3-6-16(7-4-13)18-9-14(2)22-21(24-18)26-12-20(25)23-19-11-15-5-8-17(19)10-15/h3-4,6-7,9,15,17,19H,5,8,10-12H2,1-2H3,(H,23,25). The maximum Gasteiger partial charge on any atom is 0.230 e. The van der Waals surface area contributed by atoms with Crippen molar-refractivity contribution >= 4 is 17.7 Å². The van der Waals surface area contributed by atoms with Crippen molar-refractivity contribution in [2.75, 3.05) is 5.75 Å². The Morgan fingerprint density at radius 2 is 1.96 bits per heavy atom. The molecule has 2 aromatic rings. The van der Waals surface area contributed by atoms with Crippen molar-refractivity contribution in [3.05, 3.63) is 41.6 Å². The van der Waals surface area contributed by atoms with Crippen molar-refractivity contribution < 1.29 is 4.79 Å². The fourth-order valence-corrected chi connectivity index (χ4v) is 4.99. The molecule has 3 atom stereocenters. The van der Waals surface area contributed by atoms with Gasteiger partial charge in [0.25, 0.3) is 0 Å². The van der Waals surface area contributed by atoms with E-state index in [1.807, 2.05) is 13.0 Å². The summed E-state index contributed by atoms with van der Waals surface area (Å²) in [4.78, 5) is 21.5. The number of aryl methyl sites for hydroxylation is 2. The maximum absolute atomic E-state index is 12.3. The van der Waals surface area contributed by atoms with Crippen LogP contribution in [0, 0.1) is 25.7 Å². The van der Waals surface area contributed by atoms with Gasteiger partial charge in [-0.1, -0.05) is 48.0 Å². The van der Waals surface area contributed by atoms with Crippen molar-refractivity contribution in [2.45, 2.75) is 50.7 Å². The van der Waals surface area contributed by atoms with Crippen LogP contribution in [0.2, 0.25) is 0 Å². The van der Waals surface area contributed by atoms with Gasteiger partial charge in [0.1, 0.15) is 0 Å². The Morgan fingerprint density at radius 3 is 2.65 bits per heavy atom. The highest BCUT2D eigenvalue weighted by Crippen LogP contribution is 2.44. The number of nitrogens with one attached hydrogen (secondary N) is 1. The second-order valence-electron chi connectivity index (χ2n) is 7.68. The van der Waals surface area contributed by atoms with E-state index in [1.54, 1.807) is 0 Å². The highest BCUT2D eigenvalue weighted by Gasteiger charge is 2.39. The van der Waals surface area contributed by atoms with Gasteiger partial charge in [0.05, 0.1) is 11.4 Å². The minimum Gasteiger partial charge on any atom is -0.352 e. The molecule has 26 heavy (non-hydrogen) atoms. The predicted octanol–water partition coefficient (Wildman–Crippen LogP) is 4.16. The molecule has 4 nitrogen and oxygen atoms in total. The van der Waals surface area contributed by atoms with Crippen LogP contribution in [0.1, 0.15) is 36.9 Å². The largest absolute Gasteiger partial charge is 0.352 e. The number of thioether (sulfide) groups is 1. The van der Waals surface area contributed by atoms with Crippen LogP contribution in [-0.2, 0) is 4.79 Å². The molecule has 2 aliphatic carbocycles. The van der Waals surface area contributed by atoms with Crippen LogP contribution in [0.4, 0.5) is 0 Å². The number of nitrogens with zero attached hydrogens (tertiary/aromatic N) is 2. The van der Waals surface area contributed by atoms with Gasteiger partial charge in [-0.25, -0.2) is 9.97 Å². The molecule has 136 valence electrons. The lowest BCUT2D eigenvalue weighted by atomic mass is 9.95. The molecule has 3 unspecified atom stereocenters. The summed E-state index contributed by atoms with van der Waals surface area (Å²) in [6, 6.07) is 10.7. The molecule has 1 heterocycles. The van der Waals surface area contributed by atoms with Gasteiger partial charge in [0.2, 0.25) is 5.91 Å². The fraction of sp³-hybridized carbons (Fsp3) is 0.476. The average Bonchev–Trinajstić information content (AvgIpc) is 3.23. The topological polar surface area (TPSA) is 54.9 Å². The van der Waals surface area contributed by atoms with Crippen LogP contribution < -0.4 is 5.32 Å². The molecule has 1 aromatic heterocycles. The summed E-state index contributed by atoms with van der Waals surface area (Å²) in [7, 11) is 0. The number of hydrogen-bond donors (Lipinski definition) is 1. The van der Waals surface area contributed by atoms with Crippen LogP contribution in [0.25, 0.3) is 11.3 Å². The maximum atomic E-state index is 12.3. The summed E-state index contributed by atoms with van der Waals surface area (Å²) < 4.78 is 0. The molecule has 0 spiro atoms. The Bertz CT molecular complexity index is 805. The van der Waals surface area contributed by atoms with Crippen LogP contribution in [0.3, 0.4) is 0 Å². The van der Waals surface area contributed by atoms with Crippen LogP contribution in [-0.4, -0.2) is 27.7 Å². The molecule has 5 heteroatoms. The third kappa shape index (κ3) is 3.93. The number of benzene rings is 1. The molecular weight excluding hydrogens is 342 g/mol. The molecule has 0 aliphatic heterocycles. The Hall–Kier alpha value is -1.88. The van der Waals surface area contributed by atoms with Gasteiger partial charge in [0.15, 0.2) is 5.16 Å². The van der Waals surface area contributed by atoms with Crippen LogP contribution >= 0.6 is 11.8 Å². The van der Waals surface area contributed by atoms with E-state index in [-0.39, 0.29) is 5.91 Å². The van der Waals surface area contributed by atoms with Gasteiger partial charge in [-0.15, -0.1) is 0 Å². The van der Waals surface area contributed by atoms with E-state index < -0.39 is 0 Å². The van der Waals surface area contributed by atoms with Gasteiger partial charge < -0.3 is 5.32 Å². The van der Waals surface area contributed by atoms with E-state index in [1.165, 1.54) is 43.0 Å². The molecule has 4 rings (SSSR count). The quantitative estimate of drug-likeness (QED) is 0.637. The number of carbonyl (C=O) groups excluding carboxylic acids is 1. The lowest BCUT2D eigenvalue weighted by molar-refractivity contribution is -0.119. The number of carbonyl (C=O) groups is 1. The molecular formula is C21H25N3OS. The molecule has 0 radical (unpaired) electrons. The van der Waals surface area contributed by atoms with E-state index in [2.05, 4.69) is 46.5 Å². The zero-order valence-electron chi connectivity index (χ0n) is 15.4. The molecule has 1 amide bonds. The Morgan fingerprint density at radius 1 is 1.15 bits per heavy atom. The molecule has 1 N–H and O–H groups in total. The fourth-order valence-electron chi connectivity index (χ4n) is 4.28. The first-order valence-corrected chi connectivity index (χ1v) is 10.4.